The topological polar surface area (TPSA) is 92.7 Å². The Hall–Kier alpha value is -2.75. The molecule has 3 rings (SSSR count). The maximum atomic E-state index is 14.2. The van der Waals surface area contributed by atoms with Gasteiger partial charge in [0.15, 0.2) is 0 Å². The van der Waals surface area contributed by atoms with Crippen LogP contribution in [0.2, 0.25) is 0 Å². The van der Waals surface area contributed by atoms with Gasteiger partial charge in [-0.2, -0.15) is 0 Å². The zero-order valence-corrected chi connectivity index (χ0v) is 15.5. The summed E-state index contributed by atoms with van der Waals surface area (Å²) >= 11 is 1.21. The molecular formula is C18H18FN3O4S. The maximum absolute atomic E-state index is 14.2. The molecule has 1 amide bonds. The Morgan fingerprint density at radius 1 is 1.37 bits per heavy atom. The van der Waals surface area contributed by atoms with Crippen LogP contribution in [-0.2, 0) is 4.84 Å². The van der Waals surface area contributed by atoms with E-state index in [1.165, 1.54) is 24.5 Å². The summed E-state index contributed by atoms with van der Waals surface area (Å²) in [7, 11) is 1.50. The second kappa shape index (κ2) is 8.30. The van der Waals surface area contributed by atoms with Crippen LogP contribution in [0.3, 0.4) is 0 Å². The number of aryl methyl sites for hydroxylation is 1. The first-order valence-corrected chi connectivity index (χ1v) is 8.88. The third-order valence-corrected chi connectivity index (χ3v) is 4.74. The molecule has 2 heterocycles. The molecule has 142 valence electrons. The lowest BCUT2D eigenvalue weighted by Gasteiger charge is -2.10. The van der Waals surface area contributed by atoms with Crippen LogP contribution in [0.25, 0.3) is 10.2 Å². The molecule has 0 aliphatic rings. The quantitative estimate of drug-likeness (QED) is 0.423. The lowest BCUT2D eigenvalue weighted by atomic mass is 10.1. The first kappa shape index (κ1) is 19.0. The molecule has 0 radical (unpaired) electrons. The summed E-state index contributed by atoms with van der Waals surface area (Å²) in [5.74, 6) is -0.487. The average Bonchev–Trinajstić information content (AvgIpc) is 3.01. The number of ether oxygens (including phenoxy) is 1. The lowest BCUT2D eigenvalue weighted by Crippen LogP contribution is -2.25. The number of rotatable bonds is 7. The molecule has 3 aromatic rings. The third-order valence-electron chi connectivity index (χ3n) is 3.71. The molecule has 9 heteroatoms. The number of nitrogens with zero attached hydrogens (tertiary/aromatic N) is 1. The molecule has 0 fully saturated rings. The Labute approximate surface area is 158 Å². The minimum absolute atomic E-state index is 0.0509. The third kappa shape index (κ3) is 4.16. The zero-order chi connectivity index (χ0) is 19.4. The van der Waals surface area contributed by atoms with E-state index in [-0.39, 0.29) is 24.5 Å². The monoisotopic (exact) mass is 391 g/mol. The number of nitrogens with one attached hydrogen (secondary N) is 2. The number of thiophene rings is 1. The minimum Gasteiger partial charge on any atom is -0.495 e. The summed E-state index contributed by atoms with van der Waals surface area (Å²) in [4.78, 5) is 22.4. The largest absolute Gasteiger partial charge is 0.495 e. The SMILES string of the molecule is COc1cnc2sc(Nc3ccc(C)cc3F)c(C(=O)NOCCO)c2c1. The zero-order valence-electron chi connectivity index (χ0n) is 14.7. The molecule has 7 nitrogen and oxygen atoms in total. The Morgan fingerprint density at radius 2 is 2.19 bits per heavy atom. The Balaban J connectivity index is 2.04. The molecule has 0 spiro atoms. The number of hydrogen-bond acceptors (Lipinski definition) is 7. The van der Waals surface area contributed by atoms with Gasteiger partial charge in [-0.05, 0) is 30.7 Å². The predicted molar refractivity (Wildman–Crippen MR) is 101 cm³/mol. The van der Waals surface area contributed by atoms with Crippen molar-refractivity contribution in [3.05, 3.63) is 47.4 Å². The molecule has 0 atom stereocenters. The second-order valence-corrected chi connectivity index (χ2v) is 6.64. The Bertz CT molecular complexity index is 977. The van der Waals surface area contributed by atoms with Gasteiger partial charge in [-0.25, -0.2) is 14.9 Å². The van der Waals surface area contributed by atoms with Crippen molar-refractivity contribution in [2.75, 3.05) is 25.6 Å². The highest BCUT2D eigenvalue weighted by atomic mass is 32.1. The number of carbonyl (C=O) groups excluding carboxylic acids is 1. The smallest absolute Gasteiger partial charge is 0.278 e. The number of methoxy groups -OCH3 is 1. The number of aromatic nitrogens is 1. The molecule has 27 heavy (non-hydrogen) atoms. The van der Waals surface area contributed by atoms with E-state index >= 15 is 0 Å². The summed E-state index contributed by atoms with van der Waals surface area (Å²) in [5.41, 5.74) is 3.55. The summed E-state index contributed by atoms with van der Waals surface area (Å²) < 4.78 is 19.4. The van der Waals surface area contributed by atoms with E-state index in [0.29, 0.717) is 21.0 Å². The van der Waals surface area contributed by atoms with Crippen LogP contribution < -0.4 is 15.5 Å². The van der Waals surface area contributed by atoms with Crippen LogP contribution in [0.1, 0.15) is 15.9 Å². The molecule has 2 aromatic heterocycles. The molecule has 0 saturated carbocycles. The van der Waals surface area contributed by atoms with Crippen LogP contribution in [-0.4, -0.2) is 36.3 Å². The van der Waals surface area contributed by atoms with Crippen LogP contribution in [0, 0.1) is 12.7 Å². The average molecular weight is 391 g/mol. The molecule has 0 saturated heterocycles. The summed E-state index contributed by atoms with van der Waals surface area (Å²) in [6, 6.07) is 6.45. The van der Waals surface area contributed by atoms with Crippen molar-refractivity contribution in [2.45, 2.75) is 6.92 Å². The van der Waals surface area contributed by atoms with Crippen LogP contribution in [0.4, 0.5) is 15.1 Å². The molecule has 0 unspecified atom stereocenters. The molecule has 0 aliphatic heterocycles. The number of aliphatic hydroxyl groups is 1. The van der Waals surface area contributed by atoms with Gasteiger partial charge in [0, 0.05) is 5.39 Å². The normalized spacial score (nSPS) is 10.8. The van der Waals surface area contributed by atoms with E-state index in [0.717, 1.165) is 5.56 Å². The van der Waals surface area contributed by atoms with E-state index in [1.54, 1.807) is 31.3 Å². The second-order valence-electron chi connectivity index (χ2n) is 5.65. The van der Waals surface area contributed by atoms with Crippen molar-refractivity contribution in [1.82, 2.24) is 10.5 Å². The van der Waals surface area contributed by atoms with Gasteiger partial charge in [0.25, 0.3) is 5.91 Å². The summed E-state index contributed by atoms with van der Waals surface area (Å²) in [6.45, 7) is 1.50. The van der Waals surface area contributed by atoms with Gasteiger partial charge in [-0.1, -0.05) is 17.4 Å². The van der Waals surface area contributed by atoms with E-state index in [1.807, 2.05) is 0 Å². The number of hydroxylamine groups is 1. The fourth-order valence-electron chi connectivity index (χ4n) is 2.45. The van der Waals surface area contributed by atoms with Gasteiger partial charge in [-0.15, -0.1) is 0 Å². The highest BCUT2D eigenvalue weighted by Gasteiger charge is 2.22. The van der Waals surface area contributed by atoms with Crippen molar-refractivity contribution in [2.24, 2.45) is 0 Å². The van der Waals surface area contributed by atoms with Crippen LogP contribution >= 0.6 is 11.3 Å². The highest BCUT2D eigenvalue weighted by Crippen LogP contribution is 2.38. The summed E-state index contributed by atoms with van der Waals surface area (Å²) in [6.07, 6.45) is 1.54. The number of hydrogen-bond donors (Lipinski definition) is 3. The lowest BCUT2D eigenvalue weighted by molar-refractivity contribution is 0.0170. The van der Waals surface area contributed by atoms with Crippen LogP contribution in [0.5, 0.6) is 5.75 Å². The number of amides is 1. The van der Waals surface area contributed by atoms with Crippen molar-refractivity contribution >= 4 is 38.1 Å². The van der Waals surface area contributed by atoms with Crippen molar-refractivity contribution in [3.63, 3.8) is 0 Å². The van der Waals surface area contributed by atoms with Crippen molar-refractivity contribution < 1.29 is 23.9 Å². The van der Waals surface area contributed by atoms with E-state index in [9.17, 15) is 9.18 Å². The standard InChI is InChI=1S/C18H18FN3O4S/c1-10-3-4-14(13(19)7-10)21-18-15(16(24)22-26-6-5-23)12-8-11(25-2)9-20-17(12)27-18/h3-4,7-9,21,23H,5-6H2,1-2H3,(H,22,24). The number of anilines is 2. The number of fused-ring (bicyclic) bond motifs is 1. The van der Waals surface area contributed by atoms with E-state index in [4.69, 9.17) is 14.7 Å². The van der Waals surface area contributed by atoms with E-state index in [2.05, 4.69) is 15.8 Å². The fraction of sp³-hybridized carbons (Fsp3) is 0.222. The first-order chi connectivity index (χ1) is 13.0. The Kier molecular flexibility index (Phi) is 5.84. The number of halogens is 1. The molecule has 3 N–H and O–H groups in total. The number of benzene rings is 1. The number of pyridine rings is 1. The van der Waals surface area contributed by atoms with Gasteiger partial charge >= 0.3 is 0 Å². The Morgan fingerprint density at radius 3 is 2.89 bits per heavy atom. The van der Waals surface area contributed by atoms with Crippen molar-refractivity contribution in [3.8, 4) is 5.75 Å². The van der Waals surface area contributed by atoms with E-state index < -0.39 is 11.7 Å². The number of aliphatic hydroxyl groups excluding tert-OH is 1. The minimum atomic E-state index is -0.542. The fourth-order valence-corrected chi connectivity index (χ4v) is 3.48. The van der Waals surface area contributed by atoms with Gasteiger partial charge in [0.05, 0.1) is 37.8 Å². The summed E-state index contributed by atoms with van der Waals surface area (Å²) in [5, 5.41) is 12.7. The first-order valence-electron chi connectivity index (χ1n) is 8.06. The molecular weight excluding hydrogens is 373 g/mol. The molecule has 1 aromatic carbocycles. The van der Waals surface area contributed by atoms with Gasteiger partial charge in [0.1, 0.15) is 21.4 Å². The molecule has 0 aliphatic carbocycles. The predicted octanol–water partition coefficient (Wildman–Crippen LogP) is 3.15. The highest BCUT2D eigenvalue weighted by molar-refractivity contribution is 7.23. The van der Waals surface area contributed by atoms with Crippen molar-refractivity contribution in [1.29, 1.82) is 0 Å². The molecule has 0 bridgehead atoms. The van der Waals surface area contributed by atoms with Gasteiger partial charge in [-0.3, -0.25) is 9.63 Å². The number of carbonyl (C=O) groups is 1. The van der Waals surface area contributed by atoms with Gasteiger partial charge < -0.3 is 15.2 Å². The van der Waals surface area contributed by atoms with Crippen LogP contribution in [0.15, 0.2) is 30.5 Å². The maximum Gasteiger partial charge on any atom is 0.278 e. The van der Waals surface area contributed by atoms with Gasteiger partial charge in [0.2, 0.25) is 0 Å².